The highest BCUT2D eigenvalue weighted by Gasteiger charge is 2.68. The Balaban J connectivity index is 1.34. The van der Waals surface area contributed by atoms with Crippen molar-refractivity contribution in [1.82, 2.24) is 14.9 Å². The molecule has 5 rings (SSSR count). The fourth-order valence-corrected chi connectivity index (χ4v) is 5.37. The third kappa shape index (κ3) is 5.02. The molecule has 0 atom stereocenters. The highest BCUT2D eigenvalue weighted by Crippen LogP contribution is 2.57. The molecule has 2 aromatic carbocycles. The number of piperidine rings is 1. The number of carbonyl (C=O) groups is 1. The first-order valence-corrected chi connectivity index (χ1v) is 13.4. The van der Waals surface area contributed by atoms with Crippen LogP contribution in [0.1, 0.15) is 45.1 Å². The number of carbonyl (C=O) groups excluding carboxylic acids is 1. The standard InChI is InChI=1S/C27H30Cl2F3N5O/c1-25(2)8-10-37(11-9-25)21-14-22-20(13-18(21)29)35-24(36(22)3)34-19-12-16(4-5-17(19)28)15-33-23(38)26(6-7-26)27(30,31)32/h4-5,12-14H,6-11,15H2,1-3H3,(H,33,38)(H,34,35). The van der Waals surface area contributed by atoms with Crippen molar-refractivity contribution in [3.05, 3.63) is 45.9 Å². The number of imidazole rings is 1. The van der Waals surface area contributed by atoms with Crippen LogP contribution in [-0.4, -0.2) is 34.7 Å². The topological polar surface area (TPSA) is 62.2 Å². The van der Waals surface area contributed by atoms with Crippen LogP contribution in [0.5, 0.6) is 0 Å². The summed E-state index contributed by atoms with van der Waals surface area (Å²) in [5.74, 6) is -0.458. The molecule has 6 nitrogen and oxygen atoms in total. The van der Waals surface area contributed by atoms with Gasteiger partial charge in [-0.05, 0) is 60.9 Å². The number of hydrogen-bond acceptors (Lipinski definition) is 4. The van der Waals surface area contributed by atoms with Crippen molar-refractivity contribution in [1.29, 1.82) is 0 Å². The van der Waals surface area contributed by atoms with E-state index < -0.39 is 17.5 Å². The molecule has 1 aromatic heterocycles. The van der Waals surface area contributed by atoms with Gasteiger partial charge in [-0.3, -0.25) is 4.79 Å². The Hall–Kier alpha value is -2.65. The van der Waals surface area contributed by atoms with Crippen molar-refractivity contribution < 1.29 is 18.0 Å². The second-order valence-electron chi connectivity index (χ2n) is 11.1. The molecule has 3 aromatic rings. The van der Waals surface area contributed by atoms with Gasteiger partial charge in [-0.25, -0.2) is 4.98 Å². The van der Waals surface area contributed by atoms with Crippen molar-refractivity contribution >= 4 is 57.5 Å². The predicted molar refractivity (Wildman–Crippen MR) is 145 cm³/mol. The number of amides is 1. The smallest absolute Gasteiger partial charge is 0.370 e. The lowest BCUT2D eigenvalue weighted by atomic mass is 9.82. The van der Waals surface area contributed by atoms with Gasteiger partial charge in [-0.15, -0.1) is 0 Å². The minimum Gasteiger partial charge on any atom is -0.370 e. The van der Waals surface area contributed by atoms with E-state index in [-0.39, 0.29) is 19.4 Å². The summed E-state index contributed by atoms with van der Waals surface area (Å²) >= 11 is 13.1. The zero-order valence-electron chi connectivity index (χ0n) is 21.5. The van der Waals surface area contributed by atoms with Crippen LogP contribution in [0.15, 0.2) is 30.3 Å². The van der Waals surface area contributed by atoms with Crippen LogP contribution in [0.2, 0.25) is 10.0 Å². The van der Waals surface area contributed by atoms with Gasteiger partial charge in [0.2, 0.25) is 11.9 Å². The number of anilines is 3. The SMILES string of the molecule is Cn1c(Nc2cc(CNC(=O)C3(C(F)(F)F)CC3)ccc2Cl)nc2cc(Cl)c(N3CCC(C)(C)CC3)cc21. The maximum absolute atomic E-state index is 13.2. The van der Waals surface area contributed by atoms with Crippen molar-refractivity contribution in [2.24, 2.45) is 17.9 Å². The summed E-state index contributed by atoms with van der Waals surface area (Å²) in [6, 6.07) is 8.91. The molecule has 2 N–H and O–H groups in total. The molecule has 11 heteroatoms. The molecule has 1 saturated carbocycles. The molecule has 2 fully saturated rings. The maximum Gasteiger partial charge on any atom is 0.403 e. The quantitative estimate of drug-likeness (QED) is 0.330. The van der Waals surface area contributed by atoms with Gasteiger partial charge in [0.1, 0.15) is 5.41 Å². The summed E-state index contributed by atoms with van der Waals surface area (Å²) in [5.41, 5.74) is 1.81. The van der Waals surface area contributed by atoms with E-state index in [1.165, 1.54) is 0 Å². The summed E-state index contributed by atoms with van der Waals surface area (Å²) in [5, 5.41) is 6.71. The summed E-state index contributed by atoms with van der Waals surface area (Å²) < 4.78 is 41.6. The Morgan fingerprint density at radius 1 is 1.05 bits per heavy atom. The molecule has 204 valence electrons. The number of rotatable bonds is 6. The number of fused-ring (bicyclic) bond motifs is 1. The van der Waals surface area contributed by atoms with Gasteiger partial charge < -0.3 is 20.1 Å². The average molecular weight is 568 g/mol. The molecule has 2 heterocycles. The van der Waals surface area contributed by atoms with Crippen molar-refractivity contribution in [3.8, 4) is 0 Å². The van der Waals surface area contributed by atoms with Crippen molar-refractivity contribution in [3.63, 3.8) is 0 Å². The van der Waals surface area contributed by atoms with Gasteiger partial charge in [0.15, 0.2) is 0 Å². The number of aryl methyl sites for hydroxylation is 1. The fourth-order valence-electron chi connectivity index (χ4n) is 4.92. The second-order valence-corrected chi connectivity index (χ2v) is 12.0. The van der Waals surface area contributed by atoms with Crippen LogP contribution >= 0.6 is 23.2 Å². The normalized spacial score (nSPS) is 18.5. The van der Waals surface area contributed by atoms with Crippen molar-refractivity contribution in [2.45, 2.75) is 52.3 Å². The third-order valence-corrected chi connectivity index (χ3v) is 8.50. The molecule has 1 aliphatic carbocycles. The Labute approximate surface area is 229 Å². The van der Waals surface area contributed by atoms with E-state index in [1.54, 1.807) is 18.2 Å². The van der Waals surface area contributed by atoms with Crippen LogP contribution in [0.4, 0.5) is 30.5 Å². The molecular weight excluding hydrogens is 538 g/mol. The summed E-state index contributed by atoms with van der Waals surface area (Å²) in [4.78, 5) is 19.2. The zero-order valence-corrected chi connectivity index (χ0v) is 23.0. The molecule has 1 saturated heterocycles. The second kappa shape index (κ2) is 9.52. The first kappa shape index (κ1) is 26.9. The van der Waals surface area contributed by atoms with E-state index >= 15 is 0 Å². The average Bonchev–Trinajstić information content (AvgIpc) is 3.61. The number of nitrogens with one attached hydrogen (secondary N) is 2. The van der Waals surface area contributed by atoms with Crippen LogP contribution in [0, 0.1) is 10.8 Å². The Kier molecular flexibility index (Phi) is 6.75. The van der Waals surface area contributed by atoms with Gasteiger partial charge in [0, 0.05) is 26.7 Å². The van der Waals surface area contributed by atoms with Crippen LogP contribution < -0.4 is 15.5 Å². The van der Waals surface area contributed by atoms with Crippen LogP contribution in [0.3, 0.4) is 0 Å². The Morgan fingerprint density at radius 3 is 2.37 bits per heavy atom. The molecule has 0 bridgehead atoms. The highest BCUT2D eigenvalue weighted by atomic mass is 35.5. The molecule has 1 aliphatic heterocycles. The number of benzene rings is 2. The first-order chi connectivity index (χ1) is 17.8. The molecule has 0 unspecified atom stereocenters. The number of halogens is 5. The number of aromatic nitrogens is 2. The lowest BCUT2D eigenvalue weighted by Gasteiger charge is -2.38. The van der Waals surface area contributed by atoms with Gasteiger partial charge >= 0.3 is 6.18 Å². The fraction of sp³-hybridized carbons (Fsp3) is 0.481. The molecular formula is C27H30Cl2F3N5O. The molecule has 0 spiro atoms. The maximum atomic E-state index is 13.2. The van der Waals surface area contributed by atoms with E-state index in [9.17, 15) is 18.0 Å². The van der Waals surface area contributed by atoms with E-state index in [0.717, 1.165) is 42.7 Å². The van der Waals surface area contributed by atoms with Crippen LogP contribution in [0.25, 0.3) is 11.0 Å². The summed E-state index contributed by atoms with van der Waals surface area (Å²) in [6.07, 6.45) is -2.72. The number of nitrogens with zero attached hydrogens (tertiary/aromatic N) is 3. The van der Waals surface area contributed by atoms with E-state index in [1.807, 2.05) is 17.7 Å². The predicted octanol–water partition coefficient (Wildman–Crippen LogP) is 7.21. The minimum absolute atomic E-state index is 0.0450. The van der Waals surface area contributed by atoms with E-state index in [4.69, 9.17) is 23.2 Å². The minimum atomic E-state index is -4.54. The summed E-state index contributed by atoms with van der Waals surface area (Å²) in [6.45, 7) is 6.40. The first-order valence-electron chi connectivity index (χ1n) is 12.6. The lowest BCUT2D eigenvalue weighted by Crippen LogP contribution is -2.40. The Morgan fingerprint density at radius 2 is 1.74 bits per heavy atom. The van der Waals surface area contributed by atoms with Crippen LogP contribution in [-0.2, 0) is 18.4 Å². The highest BCUT2D eigenvalue weighted by molar-refractivity contribution is 6.34. The van der Waals surface area contributed by atoms with Gasteiger partial charge in [0.25, 0.3) is 0 Å². The van der Waals surface area contributed by atoms with E-state index in [0.29, 0.717) is 32.7 Å². The molecule has 1 amide bonds. The molecule has 38 heavy (non-hydrogen) atoms. The number of hydrogen-bond donors (Lipinski definition) is 2. The largest absolute Gasteiger partial charge is 0.403 e. The zero-order chi connectivity index (χ0) is 27.5. The van der Waals surface area contributed by atoms with Crippen molar-refractivity contribution in [2.75, 3.05) is 23.3 Å². The Bertz CT molecular complexity index is 1390. The lowest BCUT2D eigenvalue weighted by molar-refractivity contribution is -0.192. The molecule has 0 radical (unpaired) electrons. The molecule has 2 aliphatic rings. The monoisotopic (exact) mass is 567 g/mol. The van der Waals surface area contributed by atoms with Gasteiger partial charge in [-0.2, -0.15) is 13.2 Å². The summed E-state index contributed by atoms with van der Waals surface area (Å²) in [7, 11) is 1.89. The van der Waals surface area contributed by atoms with Gasteiger partial charge in [-0.1, -0.05) is 43.1 Å². The number of alkyl halides is 3. The third-order valence-electron chi connectivity index (χ3n) is 7.86. The van der Waals surface area contributed by atoms with Gasteiger partial charge in [0.05, 0.1) is 32.5 Å². The van der Waals surface area contributed by atoms with E-state index in [2.05, 4.69) is 40.4 Å².